The maximum atomic E-state index is 15.0. The molecule has 188 valence electrons. The highest BCUT2D eigenvalue weighted by molar-refractivity contribution is 8.00. The van der Waals surface area contributed by atoms with E-state index in [0.717, 1.165) is 17.2 Å². The number of nitrogens with zero attached hydrogens (tertiary/aromatic N) is 4. The van der Waals surface area contributed by atoms with Crippen LogP contribution < -0.4 is 10.2 Å². The summed E-state index contributed by atoms with van der Waals surface area (Å²) in [5.74, 6) is -1.66. The van der Waals surface area contributed by atoms with E-state index in [4.69, 9.17) is 0 Å². The number of aromatic nitrogens is 3. The highest BCUT2D eigenvalue weighted by Crippen LogP contribution is 2.48. The lowest BCUT2D eigenvalue weighted by molar-refractivity contribution is -0.123. The maximum absolute atomic E-state index is 15.0. The second kappa shape index (κ2) is 10.5. The first-order chi connectivity index (χ1) is 17.9. The summed E-state index contributed by atoms with van der Waals surface area (Å²) in [5, 5.41) is 6.86. The van der Waals surface area contributed by atoms with Crippen LogP contribution in [-0.4, -0.2) is 38.9 Å². The van der Waals surface area contributed by atoms with Crippen molar-refractivity contribution >= 4 is 29.4 Å². The minimum atomic E-state index is -0.707. The summed E-state index contributed by atoms with van der Waals surface area (Å²) in [6, 6.07) is 16.4. The zero-order valence-corrected chi connectivity index (χ0v) is 20.7. The number of halogens is 2. The minimum absolute atomic E-state index is 0.000276. The van der Waals surface area contributed by atoms with Crippen molar-refractivity contribution in [3.05, 3.63) is 101 Å². The second-order valence-corrected chi connectivity index (χ2v) is 9.64. The Bertz CT molecular complexity index is 1450. The molecule has 0 spiro atoms. The Kier molecular flexibility index (Phi) is 7.00. The van der Waals surface area contributed by atoms with Crippen LogP contribution in [0, 0.1) is 11.6 Å². The van der Waals surface area contributed by atoms with E-state index in [1.54, 1.807) is 30.2 Å². The molecule has 0 radical (unpaired) electrons. The normalized spacial score (nSPS) is 15.3. The van der Waals surface area contributed by atoms with E-state index in [-0.39, 0.29) is 36.2 Å². The van der Waals surface area contributed by atoms with Gasteiger partial charge in [0.15, 0.2) is 0 Å². The first-order valence-electron chi connectivity index (χ1n) is 11.6. The molecule has 0 saturated heterocycles. The van der Waals surface area contributed by atoms with Crippen LogP contribution in [0.5, 0.6) is 0 Å². The van der Waals surface area contributed by atoms with Crippen molar-refractivity contribution in [2.24, 2.45) is 7.05 Å². The predicted molar refractivity (Wildman–Crippen MR) is 138 cm³/mol. The average Bonchev–Trinajstić information content (AvgIpc) is 3.17. The average molecular weight is 520 g/mol. The predicted octanol–water partition coefficient (Wildman–Crippen LogP) is 4.25. The fourth-order valence-electron chi connectivity index (χ4n) is 4.36. The zero-order valence-electron chi connectivity index (χ0n) is 19.9. The molecule has 2 amide bonds. The summed E-state index contributed by atoms with van der Waals surface area (Å²) in [7, 11) is 1.69. The summed E-state index contributed by atoms with van der Waals surface area (Å²) in [5.41, 5.74) is 3.01. The Morgan fingerprint density at radius 3 is 2.68 bits per heavy atom. The van der Waals surface area contributed by atoms with Gasteiger partial charge in [-0.3, -0.25) is 24.2 Å². The van der Waals surface area contributed by atoms with Crippen LogP contribution in [0.2, 0.25) is 0 Å². The third-order valence-corrected chi connectivity index (χ3v) is 7.29. The molecule has 7 nitrogen and oxygen atoms in total. The lowest BCUT2D eigenvalue weighted by Gasteiger charge is -2.22. The van der Waals surface area contributed by atoms with Crippen molar-refractivity contribution in [2.75, 3.05) is 17.2 Å². The molecule has 0 bridgehead atoms. The molecule has 1 aliphatic heterocycles. The van der Waals surface area contributed by atoms with E-state index < -0.39 is 16.9 Å². The van der Waals surface area contributed by atoms with Crippen LogP contribution >= 0.6 is 11.8 Å². The fraction of sp³-hybridized carbons (Fsp3) is 0.185. The van der Waals surface area contributed by atoms with E-state index in [2.05, 4.69) is 15.4 Å². The van der Waals surface area contributed by atoms with Gasteiger partial charge in [-0.2, -0.15) is 5.10 Å². The molecule has 0 aliphatic carbocycles. The highest BCUT2D eigenvalue weighted by Gasteiger charge is 2.37. The van der Waals surface area contributed by atoms with Gasteiger partial charge in [-0.05, 0) is 17.7 Å². The number of carbonyl (C=O) groups is 2. The van der Waals surface area contributed by atoms with Crippen molar-refractivity contribution in [3.8, 4) is 11.3 Å². The van der Waals surface area contributed by atoms with Crippen molar-refractivity contribution in [1.29, 1.82) is 0 Å². The van der Waals surface area contributed by atoms with E-state index in [1.165, 1.54) is 28.8 Å². The van der Waals surface area contributed by atoms with Gasteiger partial charge in [-0.15, -0.1) is 11.8 Å². The van der Waals surface area contributed by atoms with Crippen molar-refractivity contribution < 1.29 is 18.4 Å². The molecule has 37 heavy (non-hydrogen) atoms. The quantitative estimate of drug-likeness (QED) is 0.412. The smallest absolute Gasteiger partial charge is 0.240 e. The largest absolute Gasteiger partial charge is 0.350 e. The van der Waals surface area contributed by atoms with E-state index in [0.29, 0.717) is 17.1 Å². The topological polar surface area (TPSA) is 80.1 Å². The number of thioether (sulfide) groups is 1. The lowest BCUT2D eigenvalue weighted by atomic mass is 9.99. The van der Waals surface area contributed by atoms with Gasteiger partial charge < -0.3 is 5.32 Å². The first kappa shape index (κ1) is 24.6. The van der Waals surface area contributed by atoms with Gasteiger partial charge in [0.05, 0.1) is 16.7 Å². The van der Waals surface area contributed by atoms with Crippen molar-refractivity contribution in [3.63, 3.8) is 0 Å². The number of nitrogens with one attached hydrogen (secondary N) is 1. The molecule has 3 heterocycles. The van der Waals surface area contributed by atoms with Gasteiger partial charge in [0.2, 0.25) is 11.8 Å². The summed E-state index contributed by atoms with van der Waals surface area (Å²) < 4.78 is 30.3. The Labute approximate surface area is 216 Å². The molecule has 1 aliphatic rings. The summed E-state index contributed by atoms with van der Waals surface area (Å²) in [6.45, 7) is 0.0272. The monoisotopic (exact) mass is 519 g/mol. The summed E-state index contributed by atoms with van der Waals surface area (Å²) in [6.07, 6.45) is 3.30. The first-order valence-corrected chi connectivity index (χ1v) is 12.6. The van der Waals surface area contributed by atoms with Crippen LogP contribution in [0.3, 0.4) is 0 Å². The summed E-state index contributed by atoms with van der Waals surface area (Å²) >= 11 is 1.22. The van der Waals surface area contributed by atoms with E-state index >= 15 is 4.39 Å². The molecule has 0 fully saturated rings. The molecular formula is C27H23F2N5O2S. The van der Waals surface area contributed by atoms with Gasteiger partial charge in [0.1, 0.15) is 24.0 Å². The molecular weight excluding hydrogens is 496 g/mol. The van der Waals surface area contributed by atoms with Gasteiger partial charge in [-0.25, -0.2) is 8.78 Å². The Morgan fingerprint density at radius 2 is 1.95 bits per heavy atom. The molecule has 1 atom stereocenters. The van der Waals surface area contributed by atoms with Gasteiger partial charge in [0.25, 0.3) is 0 Å². The Balaban J connectivity index is 1.56. The van der Waals surface area contributed by atoms with Crippen LogP contribution in [-0.2, 0) is 23.2 Å². The number of benzene rings is 2. The Hall–Kier alpha value is -4.05. The van der Waals surface area contributed by atoms with Crippen molar-refractivity contribution in [2.45, 2.75) is 11.8 Å². The molecule has 10 heteroatoms. The number of pyridine rings is 1. The van der Waals surface area contributed by atoms with Crippen LogP contribution in [0.15, 0.2) is 73.1 Å². The van der Waals surface area contributed by atoms with Crippen LogP contribution in [0.25, 0.3) is 11.3 Å². The number of hydrogen-bond acceptors (Lipinski definition) is 5. The van der Waals surface area contributed by atoms with Gasteiger partial charge >= 0.3 is 0 Å². The molecule has 2 aromatic carbocycles. The maximum Gasteiger partial charge on any atom is 0.240 e. The number of anilines is 1. The molecule has 4 aromatic rings. The SMILES string of the molecule is Cn1nc(-c2ccccc2)c2c1N(CC(=O)NCc1cccnc1)C(=O)CSC2c1ccc(F)cc1F. The number of carbonyl (C=O) groups excluding carboxylic acids is 2. The highest BCUT2D eigenvalue weighted by atomic mass is 32.2. The van der Waals surface area contributed by atoms with E-state index in [9.17, 15) is 14.0 Å². The van der Waals surface area contributed by atoms with Gasteiger partial charge in [-0.1, -0.05) is 42.5 Å². The van der Waals surface area contributed by atoms with E-state index in [1.807, 2.05) is 36.4 Å². The number of aryl methyl sites for hydroxylation is 1. The molecule has 2 aromatic heterocycles. The molecule has 1 unspecified atom stereocenters. The Morgan fingerprint density at radius 1 is 1.14 bits per heavy atom. The number of hydrogen-bond donors (Lipinski definition) is 1. The zero-order chi connectivity index (χ0) is 25.9. The number of rotatable bonds is 6. The fourth-order valence-corrected chi connectivity index (χ4v) is 5.58. The van der Waals surface area contributed by atoms with Crippen LogP contribution in [0.4, 0.5) is 14.6 Å². The van der Waals surface area contributed by atoms with Gasteiger partial charge in [0, 0.05) is 48.7 Å². The number of amides is 2. The minimum Gasteiger partial charge on any atom is -0.350 e. The molecule has 1 N–H and O–H groups in total. The molecule has 0 saturated carbocycles. The third-order valence-electron chi connectivity index (χ3n) is 6.05. The third kappa shape index (κ3) is 5.10. The van der Waals surface area contributed by atoms with Crippen LogP contribution in [0.1, 0.15) is 21.9 Å². The molecule has 5 rings (SSSR count). The second-order valence-electron chi connectivity index (χ2n) is 8.55. The summed E-state index contributed by atoms with van der Waals surface area (Å²) in [4.78, 5) is 31.7. The number of fused-ring (bicyclic) bond motifs is 1. The lowest BCUT2D eigenvalue weighted by Crippen LogP contribution is -2.42. The standard InChI is InChI=1S/C27H23F2N5O2S/c1-33-27-24(25(32-33)18-7-3-2-4-8-18)26(20-10-9-19(28)12-21(20)29)37-16-23(36)34(27)15-22(35)31-14-17-6-5-11-30-13-17/h2-13,26H,14-16H2,1H3,(H,31,35). The van der Waals surface area contributed by atoms with Crippen molar-refractivity contribution in [1.82, 2.24) is 20.1 Å².